The van der Waals surface area contributed by atoms with Gasteiger partial charge in [0.2, 0.25) is 0 Å². The van der Waals surface area contributed by atoms with Crippen LogP contribution in [0.2, 0.25) is 0 Å². The van der Waals surface area contributed by atoms with E-state index in [0.29, 0.717) is 6.48 Å². The Labute approximate surface area is 212 Å². The second kappa shape index (κ2) is 19.1. The SMILES string of the molecule is C1CCCCC(O[C](OC2CCCCCCCCC2)OC2CCCCCCCCC2)CCCC1. The van der Waals surface area contributed by atoms with E-state index in [9.17, 15) is 0 Å². The van der Waals surface area contributed by atoms with Gasteiger partial charge in [0.1, 0.15) is 0 Å². The predicted octanol–water partition coefficient (Wildman–Crippen LogP) is 10.2. The molecule has 0 unspecified atom stereocenters. The predicted molar refractivity (Wildman–Crippen MR) is 143 cm³/mol. The summed E-state index contributed by atoms with van der Waals surface area (Å²) in [7, 11) is 0. The number of ether oxygens (including phenoxy) is 3. The maximum atomic E-state index is 6.66. The molecular formula is C31H57O3. The Morgan fingerprint density at radius 3 is 0.647 bits per heavy atom. The van der Waals surface area contributed by atoms with Crippen molar-refractivity contribution >= 4 is 0 Å². The van der Waals surface area contributed by atoms with Crippen LogP contribution in [0.3, 0.4) is 0 Å². The molecule has 3 aliphatic carbocycles. The molecule has 199 valence electrons. The van der Waals surface area contributed by atoms with Gasteiger partial charge in [-0.05, 0) is 38.5 Å². The lowest BCUT2D eigenvalue weighted by molar-refractivity contribution is -0.246. The molecule has 3 rings (SSSR count). The molecule has 0 aromatic rings. The molecule has 0 saturated heterocycles. The third kappa shape index (κ3) is 13.3. The highest BCUT2D eigenvalue weighted by Crippen LogP contribution is 2.30. The van der Waals surface area contributed by atoms with Crippen molar-refractivity contribution in [3.05, 3.63) is 6.48 Å². The molecule has 0 amide bonds. The first-order valence-electron chi connectivity index (χ1n) is 15.8. The van der Waals surface area contributed by atoms with Gasteiger partial charge < -0.3 is 14.2 Å². The zero-order chi connectivity index (χ0) is 23.5. The standard InChI is InChI=1S/C31H57O3/c1-4-10-16-22-28(23-17-11-5-1)32-31(33-29-24-18-12-6-2-7-13-19-25-29)34-30-26-20-14-8-3-9-15-21-27-30/h28-30H,1-27H2. The Kier molecular flexibility index (Phi) is 15.9. The summed E-state index contributed by atoms with van der Waals surface area (Å²) in [5, 5.41) is 0. The van der Waals surface area contributed by atoms with Crippen LogP contribution in [0, 0.1) is 6.48 Å². The minimum absolute atomic E-state index is 0.271. The molecule has 0 heterocycles. The molecule has 3 heteroatoms. The molecule has 0 aliphatic heterocycles. The summed E-state index contributed by atoms with van der Waals surface area (Å²) in [4.78, 5) is 0. The summed E-state index contributed by atoms with van der Waals surface area (Å²) < 4.78 is 20.0. The van der Waals surface area contributed by atoms with Crippen molar-refractivity contribution in [3.8, 4) is 0 Å². The zero-order valence-electron chi connectivity index (χ0n) is 22.5. The topological polar surface area (TPSA) is 27.7 Å². The maximum absolute atomic E-state index is 6.66. The maximum Gasteiger partial charge on any atom is 0.371 e. The fourth-order valence-corrected chi connectivity index (χ4v) is 6.16. The number of hydrogen-bond acceptors (Lipinski definition) is 3. The van der Waals surface area contributed by atoms with Crippen molar-refractivity contribution in [2.75, 3.05) is 0 Å². The monoisotopic (exact) mass is 477 g/mol. The fourth-order valence-electron chi connectivity index (χ4n) is 6.16. The molecule has 3 aliphatic rings. The lowest BCUT2D eigenvalue weighted by Gasteiger charge is -2.30. The quantitative estimate of drug-likeness (QED) is 0.381. The highest BCUT2D eigenvalue weighted by atomic mass is 16.9. The van der Waals surface area contributed by atoms with Crippen LogP contribution in [0.1, 0.15) is 173 Å². The molecule has 0 spiro atoms. The second-order valence-corrected chi connectivity index (χ2v) is 11.6. The van der Waals surface area contributed by atoms with Gasteiger partial charge in [-0.1, -0.05) is 135 Å². The molecule has 0 aromatic carbocycles. The van der Waals surface area contributed by atoms with Crippen molar-refractivity contribution in [1.82, 2.24) is 0 Å². The fraction of sp³-hybridized carbons (Fsp3) is 0.968. The van der Waals surface area contributed by atoms with Gasteiger partial charge in [0.15, 0.2) is 0 Å². The Bertz CT molecular complexity index is 371. The van der Waals surface area contributed by atoms with Crippen LogP contribution in [-0.2, 0) is 14.2 Å². The van der Waals surface area contributed by atoms with Crippen molar-refractivity contribution in [2.45, 2.75) is 192 Å². The largest absolute Gasteiger partial charge is 0.371 e. The minimum atomic E-state index is 0.271. The first-order chi connectivity index (χ1) is 16.9. The van der Waals surface area contributed by atoms with E-state index < -0.39 is 0 Å². The minimum Gasteiger partial charge on any atom is -0.318 e. The smallest absolute Gasteiger partial charge is 0.318 e. The Hall–Kier alpha value is -0.120. The zero-order valence-corrected chi connectivity index (χ0v) is 22.5. The molecule has 0 N–H and O–H groups in total. The van der Waals surface area contributed by atoms with E-state index in [1.165, 1.54) is 135 Å². The highest BCUT2D eigenvalue weighted by Gasteiger charge is 2.28. The van der Waals surface area contributed by atoms with Gasteiger partial charge in [0.25, 0.3) is 0 Å². The van der Waals surface area contributed by atoms with Crippen molar-refractivity contribution in [2.24, 2.45) is 0 Å². The molecule has 3 nitrogen and oxygen atoms in total. The third-order valence-corrected chi connectivity index (χ3v) is 8.45. The summed E-state index contributed by atoms with van der Waals surface area (Å²) in [5.41, 5.74) is 0. The van der Waals surface area contributed by atoms with Crippen LogP contribution in [0.15, 0.2) is 0 Å². The van der Waals surface area contributed by atoms with E-state index >= 15 is 0 Å². The summed E-state index contributed by atoms with van der Waals surface area (Å²) >= 11 is 0. The van der Waals surface area contributed by atoms with Gasteiger partial charge in [0.05, 0.1) is 18.3 Å². The molecule has 34 heavy (non-hydrogen) atoms. The van der Waals surface area contributed by atoms with Gasteiger partial charge in [0, 0.05) is 0 Å². The van der Waals surface area contributed by atoms with E-state index in [1.54, 1.807) is 0 Å². The van der Waals surface area contributed by atoms with Gasteiger partial charge in [-0.3, -0.25) is 0 Å². The van der Waals surface area contributed by atoms with Crippen molar-refractivity contribution in [1.29, 1.82) is 0 Å². The van der Waals surface area contributed by atoms with Gasteiger partial charge in [-0.2, -0.15) is 0 Å². The van der Waals surface area contributed by atoms with Gasteiger partial charge >= 0.3 is 6.48 Å². The van der Waals surface area contributed by atoms with E-state index in [2.05, 4.69) is 0 Å². The molecule has 3 saturated carbocycles. The lowest BCUT2D eigenvalue weighted by Crippen LogP contribution is -2.29. The molecule has 0 bridgehead atoms. The first-order valence-corrected chi connectivity index (χ1v) is 15.8. The number of hydrogen-bond donors (Lipinski definition) is 0. The molecule has 0 atom stereocenters. The summed E-state index contributed by atoms with van der Waals surface area (Å²) in [6.07, 6.45) is 36.1. The molecular weight excluding hydrogens is 420 g/mol. The normalized spacial score (nSPS) is 25.7. The van der Waals surface area contributed by atoms with Crippen LogP contribution in [-0.4, -0.2) is 18.3 Å². The van der Waals surface area contributed by atoms with Crippen LogP contribution >= 0.6 is 0 Å². The third-order valence-electron chi connectivity index (χ3n) is 8.45. The van der Waals surface area contributed by atoms with Crippen LogP contribution in [0.4, 0.5) is 0 Å². The van der Waals surface area contributed by atoms with Crippen molar-refractivity contribution < 1.29 is 14.2 Å². The van der Waals surface area contributed by atoms with E-state index in [-0.39, 0.29) is 18.3 Å². The van der Waals surface area contributed by atoms with Crippen LogP contribution in [0.25, 0.3) is 0 Å². The second-order valence-electron chi connectivity index (χ2n) is 11.6. The van der Waals surface area contributed by atoms with E-state index in [0.717, 1.165) is 38.5 Å². The Morgan fingerprint density at radius 2 is 0.441 bits per heavy atom. The molecule has 3 fully saturated rings. The van der Waals surface area contributed by atoms with Gasteiger partial charge in [-0.15, -0.1) is 0 Å². The lowest BCUT2D eigenvalue weighted by atomic mass is 9.99. The Morgan fingerprint density at radius 1 is 0.265 bits per heavy atom. The summed E-state index contributed by atoms with van der Waals surface area (Å²) in [6.45, 7) is 0.561. The summed E-state index contributed by atoms with van der Waals surface area (Å²) in [6, 6.07) is 0. The van der Waals surface area contributed by atoms with Gasteiger partial charge in [-0.25, -0.2) is 0 Å². The number of rotatable bonds is 6. The average Bonchev–Trinajstić information content (AvgIpc) is 2.86. The van der Waals surface area contributed by atoms with E-state index in [1.807, 2.05) is 0 Å². The van der Waals surface area contributed by atoms with Crippen molar-refractivity contribution in [3.63, 3.8) is 0 Å². The highest BCUT2D eigenvalue weighted by molar-refractivity contribution is 4.72. The molecule has 1 radical (unpaired) electrons. The average molecular weight is 478 g/mol. The molecule has 0 aromatic heterocycles. The van der Waals surface area contributed by atoms with Crippen LogP contribution in [0.5, 0.6) is 0 Å². The van der Waals surface area contributed by atoms with Crippen LogP contribution < -0.4 is 0 Å². The van der Waals surface area contributed by atoms with E-state index in [4.69, 9.17) is 14.2 Å². The summed E-state index contributed by atoms with van der Waals surface area (Å²) in [5.74, 6) is 0. The first kappa shape index (κ1) is 28.5. The Balaban J connectivity index is 1.60.